The quantitative estimate of drug-likeness (QED) is 0.511. The van der Waals surface area contributed by atoms with Gasteiger partial charge in [-0.05, 0) is 37.1 Å². The number of rotatable bonds is 6. The van der Waals surface area contributed by atoms with Crippen LogP contribution in [-0.4, -0.2) is 28.0 Å². The van der Waals surface area contributed by atoms with Crippen LogP contribution in [0, 0.1) is 10.1 Å². The highest BCUT2D eigenvalue weighted by Gasteiger charge is 2.29. The molecule has 4 rings (SSSR count). The molecule has 142 valence electrons. The Morgan fingerprint density at radius 1 is 0.929 bits per heavy atom. The van der Waals surface area contributed by atoms with Crippen LogP contribution in [0.2, 0.25) is 0 Å². The van der Waals surface area contributed by atoms with E-state index in [1.54, 1.807) is 5.01 Å². The molecule has 0 aliphatic carbocycles. The molecule has 1 aliphatic heterocycles. The summed E-state index contributed by atoms with van der Waals surface area (Å²) >= 11 is 0. The average molecular weight is 376 g/mol. The van der Waals surface area contributed by atoms with Crippen LogP contribution in [0.25, 0.3) is 0 Å². The first-order chi connectivity index (χ1) is 13.7. The second kappa shape index (κ2) is 7.91. The van der Waals surface area contributed by atoms with Gasteiger partial charge in [-0.15, -0.1) is 0 Å². The molecule has 3 aromatic rings. The Balaban J connectivity index is 1.77. The summed E-state index contributed by atoms with van der Waals surface area (Å²) in [4.78, 5) is 21.8. The summed E-state index contributed by atoms with van der Waals surface area (Å²) in [6, 6.07) is 19.2. The molecule has 0 amide bonds. The Morgan fingerprint density at radius 3 is 2.04 bits per heavy atom. The molecule has 0 radical (unpaired) electrons. The Bertz CT molecular complexity index is 906. The van der Waals surface area contributed by atoms with Gasteiger partial charge in [-0.1, -0.05) is 36.4 Å². The third-order valence-corrected chi connectivity index (χ3v) is 4.64. The number of anilines is 4. The van der Waals surface area contributed by atoms with Gasteiger partial charge >= 0.3 is 5.69 Å². The van der Waals surface area contributed by atoms with E-state index in [0.29, 0.717) is 5.82 Å². The van der Waals surface area contributed by atoms with Crippen LogP contribution in [0.3, 0.4) is 0 Å². The second-order valence-corrected chi connectivity index (χ2v) is 6.46. The van der Waals surface area contributed by atoms with E-state index in [4.69, 9.17) is 0 Å². The van der Waals surface area contributed by atoms with Gasteiger partial charge in [0, 0.05) is 13.1 Å². The topological polar surface area (TPSA) is 87.4 Å². The van der Waals surface area contributed by atoms with Crippen molar-refractivity contribution in [2.75, 3.05) is 28.4 Å². The summed E-state index contributed by atoms with van der Waals surface area (Å²) in [6.07, 6.45) is 3.38. The SMILES string of the molecule is O=[N+]([O-])c1c(NN(c2ccccc2)c2ccccc2)ncnc1N1CCCC1. The molecule has 2 heterocycles. The highest BCUT2D eigenvalue weighted by molar-refractivity contribution is 5.75. The highest BCUT2D eigenvalue weighted by Crippen LogP contribution is 2.35. The van der Waals surface area contributed by atoms with Crippen molar-refractivity contribution in [3.05, 3.63) is 77.1 Å². The van der Waals surface area contributed by atoms with E-state index in [9.17, 15) is 10.1 Å². The summed E-state index contributed by atoms with van der Waals surface area (Å²) in [5.74, 6) is 0.524. The summed E-state index contributed by atoms with van der Waals surface area (Å²) < 4.78 is 0. The molecule has 28 heavy (non-hydrogen) atoms. The Labute approximate surface area is 162 Å². The van der Waals surface area contributed by atoms with Gasteiger partial charge in [0.25, 0.3) is 0 Å². The number of para-hydroxylation sites is 2. The molecule has 0 bridgehead atoms. The van der Waals surface area contributed by atoms with Gasteiger partial charge in [-0.2, -0.15) is 0 Å². The monoisotopic (exact) mass is 376 g/mol. The number of benzene rings is 2. The molecule has 0 atom stereocenters. The summed E-state index contributed by atoms with van der Waals surface area (Å²) in [5, 5.41) is 13.7. The lowest BCUT2D eigenvalue weighted by Crippen LogP contribution is -2.27. The van der Waals surface area contributed by atoms with E-state index in [2.05, 4.69) is 15.4 Å². The number of nitrogens with one attached hydrogen (secondary N) is 1. The third kappa shape index (κ3) is 3.57. The number of nitro groups is 1. The van der Waals surface area contributed by atoms with E-state index >= 15 is 0 Å². The zero-order valence-corrected chi connectivity index (χ0v) is 15.2. The smallest absolute Gasteiger partial charge is 0.351 e. The molecule has 0 unspecified atom stereocenters. The van der Waals surface area contributed by atoms with Crippen LogP contribution in [0.4, 0.5) is 28.7 Å². The highest BCUT2D eigenvalue weighted by atomic mass is 16.6. The molecule has 1 N–H and O–H groups in total. The fourth-order valence-corrected chi connectivity index (χ4v) is 3.32. The zero-order chi connectivity index (χ0) is 19.3. The molecular weight excluding hydrogens is 356 g/mol. The van der Waals surface area contributed by atoms with Crippen LogP contribution in [0.1, 0.15) is 12.8 Å². The maximum absolute atomic E-state index is 11.9. The minimum Gasteiger partial charge on any atom is -0.351 e. The van der Waals surface area contributed by atoms with Gasteiger partial charge in [-0.3, -0.25) is 20.5 Å². The molecule has 0 spiro atoms. The molecule has 1 aliphatic rings. The van der Waals surface area contributed by atoms with Gasteiger partial charge in [0.15, 0.2) is 0 Å². The van der Waals surface area contributed by atoms with E-state index in [1.807, 2.05) is 65.6 Å². The fraction of sp³-hybridized carbons (Fsp3) is 0.200. The summed E-state index contributed by atoms with van der Waals surface area (Å²) in [7, 11) is 0. The average Bonchev–Trinajstić information content (AvgIpc) is 3.27. The first-order valence-corrected chi connectivity index (χ1v) is 9.15. The lowest BCUT2D eigenvalue weighted by Gasteiger charge is -2.26. The first kappa shape index (κ1) is 17.7. The largest absolute Gasteiger partial charge is 0.355 e. The molecule has 1 fully saturated rings. The molecule has 8 nitrogen and oxygen atoms in total. The fourth-order valence-electron chi connectivity index (χ4n) is 3.32. The number of aromatic nitrogens is 2. The third-order valence-electron chi connectivity index (χ3n) is 4.64. The van der Waals surface area contributed by atoms with Crippen LogP contribution in [-0.2, 0) is 0 Å². The minimum absolute atomic E-state index is 0.110. The predicted octanol–water partition coefficient (Wildman–Crippen LogP) is 4.15. The zero-order valence-electron chi connectivity index (χ0n) is 15.2. The number of nitrogens with zero attached hydrogens (tertiary/aromatic N) is 5. The van der Waals surface area contributed by atoms with Crippen LogP contribution in [0.15, 0.2) is 67.0 Å². The van der Waals surface area contributed by atoms with Crippen LogP contribution in [0.5, 0.6) is 0 Å². The van der Waals surface area contributed by atoms with Crippen LogP contribution >= 0.6 is 0 Å². The maximum Gasteiger partial charge on any atom is 0.355 e. The number of hydrogen-bond donors (Lipinski definition) is 1. The molecule has 8 heteroatoms. The number of hydrogen-bond acceptors (Lipinski definition) is 7. The molecule has 0 saturated carbocycles. The standard InChI is InChI=1S/C20H20N6O2/c27-26(28)18-19(21-15-22-20(18)24-13-7-8-14-24)23-25(16-9-3-1-4-10-16)17-11-5-2-6-12-17/h1-6,9-12,15H,7-8,13-14H2,(H,21,22,23). The van der Waals surface area contributed by atoms with Gasteiger partial charge in [0.2, 0.25) is 11.6 Å². The van der Waals surface area contributed by atoms with Crippen molar-refractivity contribution in [3.8, 4) is 0 Å². The van der Waals surface area contributed by atoms with Gasteiger partial charge in [0.1, 0.15) is 6.33 Å². The Kier molecular flexibility index (Phi) is 5.01. The van der Waals surface area contributed by atoms with Gasteiger partial charge < -0.3 is 4.90 Å². The molecular formula is C20H20N6O2. The van der Waals surface area contributed by atoms with E-state index in [1.165, 1.54) is 6.33 Å². The van der Waals surface area contributed by atoms with Gasteiger partial charge in [-0.25, -0.2) is 9.97 Å². The van der Waals surface area contributed by atoms with Crippen molar-refractivity contribution >= 4 is 28.7 Å². The van der Waals surface area contributed by atoms with Gasteiger partial charge in [0.05, 0.1) is 16.3 Å². The van der Waals surface area contributed by atoms with Crippen molar-refractivity contribution in [1.29, 1.82) is 0 Å². The predicted molar refractivity (Wildman–Crippen MR) is 109 cm³/mol. The maximum atomic E-state index is 11.9. The lowest BCUT2D eigenvalue weighted by molar-refractivity contribution is -0.383. The Hall–Kier alpha value is -3.68. The normalized spacial score (nSPS) is 13.4. The second-order valence-electron chi connectivity index (χ2n) is 6.46. The van der Waals surface area contributed by atoms with E-state index in [-0.39, 0.29) is 11.5 Å². The molecule has 2 aromatic carbocycles. The minimum atomic E-state index is -0.413. The summed E-state index contributed by atoms with van der Waals surface area (Å²) in [6.45, 7) is 1.52. The van der Waals surface area contributed by atoms with Crippen molar-refractivity contribution in [2.45, 2.75) is 12.8 Å². The summed E-state index contributed by atoms with van der Waals surface area (Å²) in [5.41, 5.74) is 4.70. The first-order valence-electron chi connectivity index (χ1n) is 9.15. The molecule has 1 aromatic heterocycles. The van der Waals surface area contributed by atoms with Crippen molar-refractivity contribution in [3.63, 3.8) is 0 Å². The van der Waals surface area contributed by atoms with E-state index < -0.39 is 4.92 Å². The lowest BCUT2D eigenvalue weighted by atomic mass is 10.2. The van der Waals surface area contributed by atoms with Crippen molar-refractivity contribution in [2.24, 2.45) is 0 Å². The van der Waals surface area contributed by atoms with Crippen molar-refractivity contribution < 1.29 is 4.92 Å². The Morgan fingerprint density at radius 2 is 1.50 bits per heavy atom. The number of hydrazine groups is 1. The van der Waals surface area contributed by atoms with E-state index in [0.717, 1.165) is 37.3 Å². The molecule has 1 saturated heterocycles. The van der Waals surface area contributed by atoms with Crippen LogP contribution < -0.4 is 15.3 Å². The van der Waals surface area contributed by atoms with Crippen molar-refractivity contribution in [1.82, 2.24) is 9.97 Å².